The molecule has 13 heteroatoms. The van der Waals surface area contributed by atoms with Gasteiger partial charge in [0.25, 0.3) is 0 Å². The number of hydrogen-bond acceptors (Lipinski definition) is 3. The zero-order valence-electron chi connectivity index (χ0n) is 38.4. The van der Waals surface area contributed by atoms with Crippen molar-refractivity contribution >= 4 is 33.0 Å². The molecule has 0 saturated heterocycles. The summed E-state index contributed by atoms with van der Waals surface area (Å²) in [6.07, 6.45) is 1.79. The van der Waals surface area contributed by atoms with E-state index in [-0.39, 0.29) is 59.7 Å². The van der Waals surface area contributed by atoms with Gasteiger partial charge in [-0.25, -0.2) is 0 Å². The predicted octanol–water partition coefficient (Wildman–Crippen LogP) is 17.0. The van der Waals surface area contributed by atoms with Gasteiger partial charge in [0, 0.05) is 42.9 Å². The molecule has 10 aromatic rings. The van der Waals surface area contributed by atoms with E-state index in [1.165, 1.54) is 12.1 Å². The molecule has 0 aliphatic heterocycles. The van der Waals surface area contributed by atoms with Crippen LogP contribution in [0.4, 0.5) is 35.1 Å². The maximum atomic E-state index is 15.6. The standard InChI is InChI=1S/C47H33F8N2O.C11H8N.Ir/c1-25(2)34-23-30(29-19-17-28(18-20-29)27-11-6-5-7-12-27)24-35(26(3)4)40(34)57-38-16-9-8-15-37(38)56-43(57)33-14-10-13-31-32-21-22-36-39(42(32)58-41(31)33)45(50,51)47(54,55)46(52,53)44(36,48)49;1-2-6-10(7-3-1)11-8-4-5-9-12-11;/h5-13,15-26H,1-4H3;1-6,8-9H;/q2*-1;. The molecule has 0 spiro atoms. The first-order chi connectivity index (χ1) is 33.4. The summed E-state index contributed by atoms with van der Waals surface area (Å²) in [7, 11) is 0. The largest absolute Gasteiger partial charge is 0.500 e. The van der Waals surface area contributed by atoms with Gasteiger partial charge in [0.1, 0.15) is 5.58 Å². The number of alkyl halides is 8. The van der Waals surface area contributed by atoms with Crippen LogP contribution in [0.1, 0.15) is 61.8 Å². The zero-order chi connectivity index (χ0) is 49.3. The van der Waals surface area contributed by atoms with E-state index >= 15 is 17.6 Å². The molecule has 7 aromatic carbocycles. The Labute approximate surface area is 417 Å². The van der Waals surface area contributed by atoms with Crippen LogP contribution in [0.3, 0.4) is 0 Å². The van der Waals surface area contributed by atoms with Crippen LogP contribution in [0.15, 0.2) is 168 Å². The van der Waals surface area contributed by atoms with Crippen LogP contribution >= 0.6 is 0 Å². The van der Waals surface area contributed by atoms with Gasteiger partial charge in [0.2, 0.25) is 0 Å². The van der Waals surface area contributed by atoms with Gasteiger partial charge in [-0.1, -0.05) is 130 Å². The van der Waals surface area contributed by atoms with E-state index in [9.17, 15) is 17.6 Å². The minimum atomic E-state index is -6.44. The van der Waals surface area contributed by atoms with E-state index in [2.05, 4.69) is 93.3 Å². The van der Waals surface area contributed by atoms with Gasteiger partial charge in [0.15, 0.2) is 0 Å². The van der Waals surface area contributed by atoms with E-state index in [1.807, 2.05) is 77.4 Å². The van der Waals surface area contributed by atoms with Gasteiger partial charge in [0.05, 0.1) is 28.0 Å². The number of nitrogens with zero attached hydrogens (tertiary/aromatic N) is 3. The first kappa shape index (κ1) is 49.0. The van der Waals surface area contributed by atoms with E-state index in [0.717, 1.165) is 56.4 Å². The number of halogens is 8. The Morgan fingerprint density at radius 3 is 1.77 bits per heavy atom. The quantitative estimate of drug-likeness (QED) is 0.118. The minimum absolute atomic E-state index is 0. The van der Waals surface area contributed by atoms with Crippen molar-refractivity contribution in [1.82, 2.24) is 14.5 Å². The monoisotopic (exact) mass is 1140 g/mol. The summed E-state index contributed by atoms with van der Waals surface area (Å²) in [5, 5.41) is -0.149. The first-order valence-electron chi connectivity index (χ1n) is 22.6. The molecule has 71 heavy (non-hydrogen) atoms. The van der Waals surface area contributed by atoms with Crippen molar-refractivity contribution in [3.8, 4) is 50.6 Å². The summed E-state index contributed by atoms with van der Waals surface area (Å²) in [5.74, 6) is -24.0. The molecule has 4 nitrogen and oxygen atoms in total. The third-order valence-electron chi connectivity index (χ3n) is 12.8. The second-order valence-corrected chi connectivity index (χ2v) is 17.9. The van der Waals surface area contributed by atoms with Crippen molar-refractivity contribution in [3.63, 3.8) is 0 Å². The molecule has 1 radical (unpaired) electrons. The number of hydrogen-bond donors (Lipinski definition) is 0. The SMILES string of the molecule is CC(C)c1cc(-c2ccc(-c3ccccc3)cc2)cc(C(C)C)c1-n1c(-c2[c-]ccc3c2oc2c4c(ccc23)C(F)(F)C(F)(F)C(F)(F)C4(F)F)nc2ccccc21.[Ir].[c-]1ccccc1-c1ccccn1. The predicted molar refractivity (Wildman–Crippen MR) is 258 cm³/mol. The normalized spacial score (nSPS) is 15.4. The van der Waals surface area contributed by atoms with Crippen molar-refractivity contribution in [1.29, 1.82) is 0 Å². The van der Waals surface area contributed by atoms with E-state index in [0.29, 0.717) is 17.1 Å². The van der Waals surface area contributed by atoms with E-state index in [4.69, 9.17) is 9.40 Å². The smallest absolute Gasteiger partial charge is 0.383 e. The Morgan fingerprint density at radius 2 is 1.14 bits per heavy atom. The molecule has 1 aliphatic carbocycles. The maximum absolute atomic E-state index is 15.6. The fraction of sp³-hybridized carbons (Fsp3) is 0.172. The number of para-hydroxylation sites is 2. The Kier molecular flexibility index (Phi) is 12.7. The third kappa shape index (κ3) is 7.94. The summed E-state index contributed by atoms with van der Waals surface area (Å²) in [6, 6.07) is 53.9. The summed E-state index contributed by atoms with van der Waals surface area (Å²) in [5.41, 5.74) is 5.06. The third-order valence-corrected chi connectivity index (χ3v) is 12.8. The molecule has 361 valence electrons. The molecule has 0 amide bonds. The van der Waals surface area contributed by atoms with Gasteiger partial charge < -0.3 is 14.0 Å². The summed E-state index contributed by atoms with van der Waals surface area (Å²) in [6.45, 7) is 8.26. The van der Waals surface area contributed by atoms with Crippen LogP contribution in [-0.2, 0) is 32.0 Å². The van der Waals surface area contributed by atoms with Crippen molar-refractivity contribution in [2.75, 3.05) is 0 Å². The van der Waals surface area contributed by atoms with Gasteiger partial charge in [-0.2, -0.15) is 35.1 Å². The van der Waals surface area contributed by atoms with Gasteiger partial charge >= 0.3 is 23.7 Å². The molecule has 0 atom stereocenters. The number of pyridine rings is 1. The number of aromatic nitrogens is 3. The molecule has 0 bridgehead atoms. The first-order valence-corrected chi connectivity index (χ1v) is 22.6. The summed E-state index contributed by atoms with van der Waals surface area (Å²) < 4.78 is 128. The Balaban J connectivity index is 0.000000418. The fourth-order valence-electron chi connectivity index (χ4n) is 9.23. The maximum Gasteiger partial charge on any atom is 0.383 e. The van der Waals surface area contributed by atoms with Crippen molar-refractivity contribution in [2.45, 2.75) is 63.2 Å². The number of rotatable bonds is 7. The van der Waals surface area contributed by atoms with E-state index < -0.39 is 40.4 Å². The second-order valence-electron chi connectivity index (χ2n) is 17.9. The Bertz CT molecular complexity index is 3490. The second kappa shape index (κ2) is 18.3. The number of imidazole rings is 1. The topological polar surface area (TPSA) is 43.9 Å². The molecular formula is C58H41F8IrN3O-2. The number of benzene rings is 7. The average Bonchev–Trinajstić information content (AvgIpc) is 3.95. The van der Waals surface area contributed by atoms with Crippen LogP contribution < -0.4 is 0 Å². The van der Waals surface area contributed by atoms with Gasteiger partial charge in [-0.05, 0) is 81.2 Å². The summed E-state index contributed by atoms with van der Waals surface area (Å²) in [4.78, 5) is 9.18. The van der Waals surface area contributed by atoms with Gasteiger partial charge in [-0.3, -0.25) is 4.98 Å². The molecule has 0 unspecified atom stereocenters. The molecule has 11 rings (SSSR count). The average molecular weight is 1140 g/mol. The van der Waals surface area contributed by atoms with Crippen molar-refractivity contribution in [3.05, 3.63) is 198 Å². The molecule has 3 aromatic heterocycles. The van der Waals surface area contributed by atoms with Crippen LogP contribution in [0.25, 0.3) is 83.6 Å². The minimum Gasteiger partial charge on any atom is -0.500 e. The van der Waals surface area contributed by atoms with Crippen LogP contribution in [0.5, 0.6) is 0 Å². The summed E-state index contributed by atoms with van der Waals surface area (Å²) >= 11 is 0. The van der Waals surface area contributed by atoms with Crippen molar-refractivity contribution in [2.24, 2.45) is 0 Å². The molecule has 3 heterocycles. The van der Waals surface area contributed by atoms with Crippen molar-refractivity contribution < 1.29 is 59.6 Å². The number of furan rings is 1. The Hall–Kier alpha value is -6.95. The Morgan fingerprint density at radius 1 is 0.549 bits per heavy atom. The van der Waals surface area contributed by atoms with E-state index in [1.54, 1.807) is 18.3 Å². The van der Waals surface area contributed by atoms with Gasteiger partial charge in [-0.15, -0.1) is 54.1 Å². The molecule has 0 saturated carbocycles. The fourth-order valence-corrected chi connectivity index (χ4v) is 9.23. The van der Waals surface area contributed by atoms with Crippen LogP contribution in [0.2, 0.25) is 0 Å². The molecule has 1 aliphatic rings. The molecule has 0 fully saturated rings. The molecule has 0 N–H and O–H groups in total. The van der Waals surface area contributed by atoms with Crippen LogP contribution in [0, 0.1) is 12.1 Å². The van der Waals surface area contributed by atoms with Crippen LogP contribution in [-0.4, -0.2) is 26.4 Å². The molecular weight excluding hydrogens is 1100 g/mol. The zero-order valence-corrected chi connectivity index (χ0v) is 40.7. The number of fused-ring (bicyclic) bond motifs is 6.